The molecule has 8 nitrogen and oxygen atoms in total. The van der Waals surface area contributed by atoms with E-state index in [1.54, 1.807) is 44.2 Å². The number of sulfonamides is 1. The van der Waals surface area contributed by atoms with Crippen LogP contribution in [-0.2, 0) is 27.5 Å². The average molecular weight is 694 g/mol. The Hall–Kier alpha value is -3.47. The maximum absolute atomic E-state index is 14.0. The van der Waals surface area contributed by atoms with Crippen molar-refractivity contribution in [2.45, 2.75) is 68.6 Å². The van der Waals surface area contributed by atoms with Gasteiger partial charge in [-0.2, -0.15) is 0 Å². The van der Waals surface area contributed by atoms with Gasteiger partial charge in [-0.3, -0.25) is 9.78 Å². The molecule has 4 aliphatic rings. The fraction of sp³-hybridized carbons (Fsp3) is 0.459. The molecule has 2 aliphatic heterocycles. The summed E-state index contributed by atoms with van der Waals surface area (Å²) in [5, 5.41) is 12.2. The molecule has 11 heteroatoms. The molecule has 1 amide bonds. The number of fused-ring (bicyclic) bond motifs is 4. The van der Waals surface area contributed by atoms with Crippen molar-refractivity contribution in [2.24, 2.45) is 17.8 Å². The maximum atomic E-state index is 14.0. The molecule has 1 fully saturated rings. The Balaban J connectivity index is 1.35. The Morgan fingerprint density at radius 2 is 1.96 bits per heavy atom. The number of halogens is 2. The SMILES string of the molecule is C[C@@H]1[C@@H](C)C/C=C/[C@](O)(c2ccc(F)cn2)[C@@H]2CC[C@H]2CN2C[C@@]3(CCCc4cc(Cl)ccc43)COc3ccc(cc32)C(=O)NS1(=O)=O. The summed E-state index contributed by atoms with van der Waals surface area (Å²) in [4.78, 5) is 20.1. The highest BCUT2D eigenvalue weighted by Gasteiger charge is 2.49. The van der Waals surface area contributed by atoms with Gasteiger partial charge in [-0.1, -0.05) is 36.7 Å². The number of aromatic nitrogens is 1. The summed E-state index contributed by atoms with van der Waals surface area (Å²) in [6, 6.07) is 14.0. The van der Waals surface area contributed by atoms with Crippen LogP contribution in [0.15, 0.2) is 66.9 Å². The van der Waals surface area contributed by atoms with Gasteiger partial charge >= 0.3 is 0 Å². The summed E-state index contributed by atoms with van der Waals surface area (Å²) in [6.07, 6.45) is 9.35. The number of hydrogen-bond acceptors (Lipinski definition) is 7. The highest BCUT2D eigenvalue weighted by atomic mass is 35.5. The molecule has 7 rings (SSSR count). The van der Waals surface area contributed by atoms with E-state index in [-0.39, 0.29) is 28.7 Å². The van der Waals surface area contributed by atoms with Crippen molar-refractivity contribution in [1.82, 2.24) is 9.71 Å². The predicted molar refractivity (Wildman–Crippen MR) is 183 cm³/mol. The first kappa shape index (κ1) is 33.0. The number of rotatable bonds is 1. The van der Waals surface area contributed by atoms with Crippen LogP contribution >= 0.6 is 11.6 Å². The monoisotopic (exact) mass is 693 g/mol. The number of nitrogens with zero attached hydrogens (tertiary/aromatic N) is 2. The number of allylic oxidation sites excluding steroid dienone is 1. The van der Waals surface area contributed by atoms with Crippen LogP contribution in [0.3, 0.4) is 0 Å². The van der Waals surface area contributed by atoms with Gasteiger partial charge in [-0.05, 0) is 111 Å². The molecule has 254 valence electrons. The van der Waals surface area contributed by atoms with Gasteiger partial charge in [-0.25, -0.2) is 17.5 Å². The molecule has 6 atom stereocenters. The van der Waals surface area contributed by atoms with Gasteiger partial charge in [0.1, 0.15) is 17.2 Å². The zero-order chi connectivity index (χ0) is 33.8. The molecule has 0 radical (unpaired) electrons. The summed E-state index contributed by atoms with van der Waals surface area (Å²) in [5.41, 5.74) is 1.83. The quantitative estimate of drug-likeness (QED) is 0.288. The fourth-order valence-corrected chi connectivity index (χ4v) is 9.64. The van der Waals surface area contributed by atoms with Crippen molar-refractivity contribution in [2.75, 3.05) is 24.6 Å². The minimum absolute atomic E-state index is 0.0323. The molecular formula is C37H41ClFN3O5S. The molecule has 1 saturated carbocycles. The topological polar surface area (TPSA) is 109 Å². The standard InChI is InChI=1S/C37H41ClFN3O5S/c1-23-5-3-16-37(44,34-14-10-29(39)19-40-34)31-11-7-27(31)20-42-21-36(15-4-6-25-17-28(38)9-12-30(25)36)22-47-33-13-8-26(18-32(33)42)35(43)41-48(45,46)24(23)2/h3,8-10,12-14,16-19,23-24,27,31,44H,4-7,11,15,20-22H2,1-2H3,(H,41,43)/b16-3+/t23-,24+,27-,31+,36-,37+/m0/s1. The molecule has 48 heavy (non-hydrogen) atoms. The molecule has 1 aromatic heterocycles. The molecule has 2 N–H and O–H groups in total. The number of ether oxygens (including phenoxy) is 1. The Labute approximate surface area is 286 Å². The predicted octanol–water partition coefficient (Wildman–Crippen LogP) is 6.31. The molecule has 3 aromatic rings. The van der Waals surface area contributed by atoms with Gasteiger partial charge < -0.3 is 14.7 Å². The van der Waals surface area contributed by atoms with Crippen LogP contribution in [0.1, 0.15) is 73.1 Å². The molecule has 1 spiro atoms. The lowest BCUT2D eigenvalue weighted by Gasteiger charge is -2.49. The number of aliphatic hydroxyl groups is 1. The van der Waals surface area contributed by atoms with E-state index >= 15 is 0 Å². The Morgan fingerprint density at radius 3 is 2.71 bits per heavy atom. The number of anilines is 1. The fourth-order valence-electron chi connectivity index (χ4n) is 8.16. The van der Waals surface area contributed by atoms with E-state index in [4.69, 9.17) is 16.3 Å². The zero-order valence-electron chi connectivity index (χ0n) is 27.2. The molecule has 0 unspecified atom stereocenters. The number of aryl methyl sites for hydroxylation is 1. The second-order valence-corrected chi connectivity index (χ2v) is 16.7. The van der Waals surface area contributed by atoms with Crippen LogP contribution in [0, 0.1) is 23.6 Å². The van der Waals surface area contributed by atoms with E-state index in [1.165, 1.54) is 23.3 Å². The van der Waals surface area contributed by atoms with Crippen molar-refractivity contribution >= 4 is 33.2 Å². The summed E-state index contributed by atoms with van der Waals surface area (Å²) in [5.74, 6) is -1.14. The van der Waals surface area contributed by atoms with Crippen molar-refractivity contribution in [3.8, 4) is 5.75 Å². The Bertz CT molecular complexity index is 1870. The molecule has 2 aliphatic carbocycles. The first-order valence-corrected chi connectivity index (χ1v) is 18.7. The highest BCUT2D eigenvalue weighted by molar-refractivity contribution is 7.90. The summed E-state index contributed by atoms with van der Waals surface area (Å²) >= 11 is 6.42. The largest absolute Gasteiger partial charge is 0.490 e. The van der Waals surface area contributed by atoms with E-state index < -0.39 is 32.6 Å². The third-order valence-corrected chi connectivity index (χ3v) is 13.4. The van der Waals surface area contributed by atoms with Gasteiger partial charge in [0.05, 0.1) is 29.4 Å². The van der Waals surface area contributed by atoms with Crippen LogP contribution in [0.2, 0.25) is 5.02 Å². The average Bonchev–Trinajstić information content (AvgIpc) is 3.19. The molecule has 0 saturated heterocycles. The molecule has 3 heterocycles. The highest BCUT2D eigenvalue weighted by Crippen LogP contribution is 2.50. The van der Waals surface area contributed by atoms with E-state index in [2.05, 4.69) is 20.7 Å². The number of pyridine rings is 1. The lowest BCUT2D eigenvalue weighted by Crippen LogP contribution is -2.51. The number of nitrogens with one attached hydrogen (secondary N) is 1. The number of carbonyl (C=O) groups excluding carboxylic acids is 1. The second-order valence-electron chi connectivity index (χ2n) is 14.2. The van der Waals surface area contributed by atoms with E-state index in [9.17, 15) is 22.7 Å². The van der Waals surface area contributed by atoms with Gasteiger partial charge in [0.2, 0.25) is 10.0 Å². The van der Waals surface area contributed by atoms with Gasteiger partial charge in [0.25, 0.3) is 5.91 Å². The van der Waals surface area contributed by atoms with Crippen molar-refractivity contribution < 1.29 is 27.4 Å². The van der Waals surface area contributed by atoms with Gasteiger partial charge in [0.15, 0.2) is 0 Å². The number of hydrogen-bond donors (Lipinski definition) is 2. The molecular weight excluding hydrogens is 653 g/mol. The maximum Gasteiger partial charge on any atom is 0.264 e. The van der Waals surface area contributed by atoms with Crippen LogP contribution in [0.5, 0.6) is 5.75 Å². The summed E-state index contributed by atoms with van der Waals surface area (Å²) in [7, 11) is -4.04. The zero-order valence-corrected chi connectivity index (χ0v) is 28.7. The smallest absolute Gasteiger partial charge is 0.264 e. The van der Waals surface area contributed by atoms with Crippen LogP contribution in [0.25, 0.3) is 0 Å². The number of amides is 1. The van der Waals surface area contributed by atoms with Crippen LogP contribution in [0.4, 0.5) is 10.1 Å². The molecule has 2 aromatic carbocycles. The minimum atomic E-state index is -4.04. The Kier molecular flexibility index (Phi) is 8.57. The first-order chi connectivity index (χ1) is 22.9. The van der Waals surface area contributed by atoms with Crippen LogP contribution < -0.4 is 14.4 Å². The minimum Gasteiger partial charge on any atom is -0.490 e. The third kappa shape index (κ3) is 5.90. The first-order valence-electron chi connectivity index (χ1n) is 16.8. The number of benzene rings is 2. The lowest BCUT2D eigenvalue weighted by atomic mass is 9.63. The third-order valence-electron chi connectivity index (χ3n) is 11.3. The molecule has 2 bridgehead atoms. The van der Waals surface area contributed by atoms with Gasteiger partial charge in [0, 0.05) is 35.0 Å². The van der Waals surface area contributed by atoms with Crippen molar-refractivity contribution in [3.63, 3.8) is 0 Å². The normalized spacial score (nSPS) is 32.1. The van der Waals surface area contributed by atoms with E-state index in [0.717, 1.165) is 38.3 Å². The van der Waals surface area contributed by atoms with E-state index in [0.29, 0.717) is 48.3 Å². The van der Waals surface area contributed by atoms with Gasteiger partial charge in [-0.15, -0.1) is 0 Å². The summed E-state index contributed by atoms with van der Waals surface area (Å²) < 4.78 is 49.7. The van der Waals surface area contributed by atoms with Crippen molar-refractivity contribution in [3.05, 3.63) is 100 Å². The number of carbonyl (C=O) groups is 1. The van der Waals surface area contributed by atoms with Crippen LogP contribution in [-0.4, -0.2) is 49.4 Å². The lowest BCUT2D eigenvalue weighted by molar-refractivity contribution is -0.0530. The second kappa shape index (κ2) is 12.4. The van der Waals surface area contributed by atoms with E-state index in [1.807, 2.05) is 12.1 Å². The Morgan fingerprint density at radius 1 is 1.12 bits per heavy atom. The summed E-state index contributed by atoms with van der Waals surface area (Å²) in [6.45, 7) is 4.96. The van der Waals surface area contributed by atoms with Crippen molar-refractivity contribution in [1.29, 1.82) is 0 Å².